The van der Waals surface area contributed by atoms with Crippen LogP contribution in [0.25, 0.3) is 0 Å². The number of hydrogen-bond donors (Lipinski definition) is 0. The summed E-state index contributed by atoms with van der Waals surface area (Å²) in [5.41, 5.74) is 0.282. The molecule has 1 saturated carbocycles. The standard InChI is InChI=1S/C13H13Cl2NO3S/c14-10-4-9(5-12(6-10)20(15,18)19)13(17)16-7-8-1-2-11(16)3-8/h4-6,8,11H,1-3,7H2. The highest BCUT2D eigenvalue weighted by Gasteiger charge is 2.40. The van der Waals surface area contributed by atoms with Crippen molar-refractivity contribution in [2.75, 3.05) is 6.54 Å². The van der Waals surface area contributed by atoms with Crippen LogP contribution in [0.1, 0.15) is 29.6 Å². The molecule has 1 amide bonds. The second kappa shape index (κ2) is 4.90. The molecule has 108 valence electrons. The largest absolute Gasteiger partial charge is 0.335 e. The zero-order valence-electron chi connectivity index (χ0n) is 10.6. The van der Waals surface area contributed by atoms with Gasteiger partial charge in [-0.3, -0.25) is 4.79 Å². The molecular formula is C13H13Cl2NO3S. The Bertz CT molecular complexity index is 674. The molecule has 0 N–H and O–H groups in total. The van der Waals surface area contributed by atoms with Gasteiger partial charge in [-0.2, -0.15) is 0 Å². The second-order valence-electron chi connectivity index (χ2n) is 5.40. The number of carbonyl (C=O) groups is 1. The number of carbonyl (C=O) groups excluding carboxylic acids is 1. The molecule has 1 aromatic carbocycles. The summed E-state index contributed by atoms with van der Waals surface area (Å²) in [6, 6.07) is 4.31. The van der Waals surface area contributed by atoms with E-state index in [0.717, 1.165) is 19.4 Å². The maximum Gasteiger partial charge on any atom is 0.261 e. The molecule has 0 aromatic heterocycles. The molecule has 2 aliphatic rings. The molecule has 0 spiro atoms. The third-order valence-corrected chi connectivity index (χ3v) is 5.62. The van der Waals surface area contributed by atoms with Gasteiger partial charge in [-0.15, -0.1) is 0 Å². The number of hydrogen-bond acceptors (Lipinski definition) is 3. The Labute approximate surface area is 127 Å². The Morgan fingerprint density at radius 3 is 2.55 bits per heavy atom. The van der Waals surface area contributed by atoms with Crippen LogP contribution in [0, 0.1) is 5.92 Å². The molecular weight excluding hydrogens is 321 g/mol. The number of halogens is 2. The lowest BCUT2D eigenvalue weighted by molar-refractivity contribution is 0.0703. The second-order valence-corrected chi connectivity index (χ2v) is 8.41. The van der Waals surface area contributed by atoms with Crippen LogP contribution < -0.4 is 0 Å². The van der Waals surface area contributed by atoms with Crippen LogP contribution >= 0.6 is 22.3 Å². The summed E-state index contributed by atoms with van der Waals surface area (Å²) < 4.78 is 22.8. The summed E-state index contributed by atoms with van der Waals surface area (Å²) in [7, 11) is 1.42. The average Bonchev–Trinajstić information content (AvgIpc) is 2.98. The smallest absolute Gasteiger partial charge is 0.261 e. The van der Waals surface area contributed by atoms with Gasteiger partial charge < -0.3 is 4.90 Å². The predicted octanol–water partition coefficient (Wildman–Crippen LogP) is 2.89. The number of piperidine rings is 1. The van der Waals surface area contributed by atoms with Gasteiger partial charge in [-0.05, 0) is 43.4 Å². The topological polar surface area (TPSA) is 54.5 Å². The molecule has 0 radical (unpaired) electrons. The van der Waals surface area contributed by atoms with Gasteiger partial charge in [0, 0.05) is 33.9 Å². The molecule has 7 heteroatoms. The van der Waals surface area contributed by atoms with Crippen LogP contribution in [-0.2, 0) is 9.05 Å². The first-order chi connectivity index (χ1) is 9.34. The van der Waals surface area contributed by atoms with Gasteiger partial charge >= 0.3 is 0 Å². The molecule has 2 unspecified atom stereocenters. The Balaban J connectivity index is 1.94. The Morgan fingerprint density at radius 2 is 2.00 bits per heavy atom. The van der Waals surface area contributed by atoms with E-state index < -0.39 is 9.05 Å². The highest BCUT2D eigenvalue weighted by atomic mass is 35.7. The van der Waals surface area contributed by atoms with Crippen molar-refractivity contribution in [3.05, 3.63) is 28.8 Å². The maximum absolute atomic E-state index is 12.5. The van der Waals surface area contributed by atoms with E-state index in [2.05, 4.69) is 0 Å². The minimum atomic E-state index is -3.90. The SMILES string of the molecule is O=C(c1cc(Cl)cc(S(=O)(=O)Cl)c1)N1CC2CCC1C2. The first-order valence-electron chi connectivity index (χ1n) is 6.41. The van der Waals surface area contributed by atoms with Crippen molar-refractivity contribution < 1.29 is 13.2 Å². The normalized spacial score (nSPS) is 25.2. The van der Waals surface area contributed by atoms with Gasteiger partial charge in [0.05, 0.1) is 4.90 Å². The summed E-state index contributed by atoms with van der Waals surface area (Å²) in [4.78, 5) is 14.2. The number of likely N-dealkylation sites (tertiary alicyclic amines) is 1. The van der Waals surface area contributed by atoms with E-state index in [0.29, 0.717) is 5.92 Å². The van der Waals surface area contributed by atoms with Gasteiger partial charge in [0.1, 0.15) is 0 Å². The lowest BCUT2D eigenvalue weighted by Crippen LogP contribution is -2.37. The van der Waals surface area contributed by atoms with Crippen LogP contribution in [0.4, 0.5) is 0 Å². The molecule has 2 bridgehead atoms. The van der Waals surface area contributed by atoms with Crippen molar-refractivity contribution in [1.82, 2.24) is 4.90 Å². The van der Waals surface area contributed by atoms with Gasteiger partial charge in [0.25, 0.3) is 15.0 Å². The van der Waals surface area contributed by atoms with Crippen LogP contribution in [0.2, 0.25) is 5.02 Å². The number of amides is 1. The highest BCUT2D eigenvalue weighted by molar-refractivity contribution is 8.13. The average molecular weight is 334 g/mol. The van der Waals surface area contributed by atoms with Crippen molar-refractivity contribution >= 4 is 37.2 Å². The minimum absolute atomic E-state index is 0.139. The van der Waals surface area contributed by atoms with Gasteiger partial charge in [-0.25, -0.2) is 8.42 Å². The van der Waals surface area contributed by atoms with Crippen molar-refractivity contribution in [1.29, 1.82) is 0 Å². The molecule has 3 rings (SSSR count). The third-order valence-electron chi connectivity index (χ3n) is 4.07. The molecule has 1 heterocycles. The van der Waals surface area contributed by atoms with E-state index in [1.54, 1.807) is 0 Å². The summed E-state index contributed by atoms with van der Waals surface area (Å²) in [5.74, 6) is 0.417. The van der Waals surface area contributed by atoms with Crippen LogP contribution in [-0.4, -0.2) is 31.8 Å². The highest BCUT2D eigenvalue weighted by Crippen LogP contribution is 2.38. The van der Waals surface area contributed by atoms with Crippen molar-refractivity contribution in [2.24, 2.45) is 5.92 Å². The minimum Gasteiger partial charge on any atom is -0.335 e. The van der Waals surface area contributed by atoms with Gasteiger partial charge in [0.15, 0.2) is 0 Å². The van der Waals surface area contributed by atoms with E-state index in [9.17, 15) is 13.2 Å². The fraction of sp³-hybridized carbons (Fsp3) is 0.462. The zero-order chi connectivity index (χ0) is 14.5. The molecule has 1 aliphatic carbocycles. The first-order valence-corrected chi connectivity index (χ1v) is 9.09. The van der Waals surface area contributed by atoms with E-state index in [1.165, 1.54) is 24.6 Å². The van der Waals surface area contributed by atoms with Crippen LogP contribution in [0.15, 0.2) is 23.1 Å². The number of fused-ring (bicyclic) bond motifs is 2. The fourth-order valence-electron chi connectivity index (χ4n) is 3.17. The number of nitrogens with zero attached hydrogens (tertiary/aromatic N) is 1. The summed E-state index contributed by atoms with van der Waals surface area (Å²) in [6.07, 6.45) is 3.25. The molecule has 20 heavy (non-hydrogen) atoms. The maximum atomic E-state index is 12.5. The molecule has 1 aromatic rings. The first kappa shape index (κ1) is 14.2. The molecule has 2 fully saturated rings. The Kier molecular flexibility index (Phi) is 3.47. The molecule has 2 atom stereocenters. The zero-order valence-corrected chi connectivity index (χ0v) is 12.9. The Hall–Kier alpha value is -0.780. The van der Waals surface area contributed by atoms with Crippen molar-refractivity contribution in [2.45, 2.75) is 30.2 Å². The summed E-state index contributed by atoms with van der Waals surface area (Å²) >= 11 is 5.89. The molecule has 4 nitrogen and oxygen atoms in total. The summed E-state index contributed by atoms with van der Waals surface area (Å²) in [6.45, 7) is 0.749. The quantitative estimate of drug-likeness (QED) is 0.782. The van der Waals surface area contributed by atoms with Crippen molar-refractivity contribution in [3.63, 3.8) is 0 Å². The van der Waals surface area contributed by atoms with Crippen LogP contribution in [0.5, 0.6) is 0 Å². The molecule has 1 aliphatic heterocycles. The monoisotopic (exact) mass is 333 g/mol. The van der Waals surface area contributed by atoms with E-state index >= 15 is 0 Å². The Morgan fingerprint density at radius 1 is 1.25 bits per heavy atom. The van der Waals surface area contributed by atoms with E-state index in [4.69, 9.17) is 22.3 Å². The van der Waals surface area contributed by atoms with Crippen LogP contribution in [0.3, 0.4) is 0 Å². The predicted molar refractivity (Wildman–Crippen MR) is 76.7 cm³/mol. The number of benzene rings is 1. The lowest BCUT2D eigenvalue weighted by Gasteiger charge is -2.27. The lowest BCUT2D eigenvalue weighted by atomic mass is 10.1. The van der Waals surface area contributed by atoms with Crippen molar-refractivity contribution in [3.8, 4) is 0 Å². The van der Waals surface area contributed by atoms with Gasteiger partial charge in [-0.1, -0.05) is 11.6 Å². The number of rotatable bonds is 2. The van der Waals surface area contributed by atoms with Gasteiger partial charge in [0.2, 0.25) is 0 Å². The van der Waals surface area contributed by atoms with E-state index in [1.807, 2.05) is 4.90 Å². The summed E-state index contributed by atoms with van der Waals surface area (Å²) in [5, 5.41) is 0.194. The molecule has 1 saturated heterocycles. The fourth-order valence-corrected chi connectivity index (χ4v) is 4.27. The third kappa shape index (κ3) is 2.54. The van der Waals surface area contributed by atoms with E-state index in [-0.39, 0.29) is 27.4 Å².